The molecule has 0 saturated carbocycles. The minimum absolute atomic E-state index is 0.00385. The molecule has 1 unspecified atom stereocenters. The van der Waals surface area contributed by atoms with Crippen LogP contribution >= 0.6 is 23.2 Å². The number of ether oxygens (including phenoxy) is 2. The molecule has 7 fully saturated rings. The van der Waals surface area contributed by atoms with Crippen LogP contribution in [0.15, 0.2) is 97.7 Å². The number of halogens is 6. The lowest BCUT2D eigenvalue weighted by molar-refractivity contribution is -0.131. The van der Waals surface area contributed by atoms with Gasteiger partial charge in [-0.1, -0.05) is 84.4 Å². The van der Waals surface area contributed by atoms with Crippen molar-refractivity contribution in [1.29, 1.82) is 0 Å². The highest BCUT2D eigenvalue weighted by molar-refractivity contribution is 6.37. The summed E-state index contributed by atoms with van der Waals surface area (Å²) in [6, 6.07) is 19.9. The highest BCUT2D eigenvalue weighted by Crippen LogP contribution is 2.48. The molecular formula is C68H70Cl2F4N12O4. The van der Waals surface area contributed by atoms with E-state index in [0.717, 1.165) is 72.2 Å². The Morgan fingerprint density at radius 2 is 1.56 bits per heavy atom. The normalized spacial score (nSPS) is 26.5. The molecule has 8 aliphatic rings. The monoisotopic (exact) mass is 1260 g/mol. The quantitative estimate of drug-likeness (QED) is 0.0669. The summed E-state index contributed by atoms with van der Waals surface area (Å²) in [5.41, 5.74) is 1.90. The summed E-state index contributed by atoms with van der Waals surface area (Å²) in [6.07, 6.45) is 11.2. The van der Waals surface area contributed by atoms with Crippen molar-refractivity contribution in [3.63, 3.8) is 0 Å². The number of fused-ring (bicyclic) bond motifs is 8. The number of anilines is 3. The number of nitrogens with zero attached hydrogens (tertiary/aromatic N) is 12. The van der Waals surface area contributed by atoms with Crippen LogP contribution in [0.2, 0.25) is 10.0 Å². The smallest absolute Gasteiger partial charge is 0.319 e. The third kappa shape index (κ3) is 10.1. The van der Waals surface area contributed by atoms with E-state index in [4.69, 9.17) is 47.6 Å². The van der Waals surface area contributed by atoms with E-state index in [9.17, 15) is 18.4 Å². The molecule has 2 amide bonds. The summed E-state index contributed by atoms with van der Waals surface area (Å²) in [5.74, 6) is -0.448. The molecule has 4 aromatic carbocycles. The van der Waals surface area contributed by atoms with Crippen molar-refractivity contribution in [3.8, 4) is 23.3 Å². The van der Waals surface area contributed by atoms with Crippen LogP contribution in [0, 0.1) is 17.6 Å². The average Bonchev–Trinajstić information content (AvgIpc) is 1.33. The van der Waals surface area contributed by atoms with Crippen molar-refractivity contribution in [2.75, 3.05) is 87.8 Å². The van der Waals surface area contributed by atoms with Crippen molar-refractivity contribution in [1.82, 2.24) is 44.5 Å². The number of likely N-dealkylation sites (N-methyl/N-ethyl adjacent to an activating group) is 1. The maximum Gasteiger partial charge on any atom is 0.319 e. The number of amides is 2. The predicted molar refractivity (Wildman–Crippen MR) is 340 cm³/mol. The van der Waals surface area contributed by atoms with Gasteiger partial charge < -0.3 is 34.0 Å². The molecule has 11 heterocycles. The number of carbonyl (C=O) groups excluding carboxylic acids is 2. The molecule has 90 heavy (non-hydrogen) atoms. The molecule has 8 atom stereocenters. The highest BCUT2D eigenvalue weighted by Gasteiger charge is 2.55. The fraction of sp³-hybridized carbons (Fsp3) is 0.456. The number of hydrogen-bond donors (Lipinski definition) is 0. The number of pyridine rings is 1. The van der Waals surface area contributed by atoms with Gasteiger partial charge in [0.15, 0.2) is 5.82 Å². The minimum Gasteiger partial charge on any atom is -0.461 e. The van der Waals surface area contributed by atoms with Crippen molar-refractivity contribution >= 4 is 84.8 Å². The first kappa shape index (κ1) is 58.9. The summed E-state index contributed by atoms with van der Waals surface area (Å²) < 4.78 is 76.3. The molecule has 16 nitrogen and oxygen atoms in total. The van der Waals surface area contributed by atoms with Crippen molar-refractivity contribution in [2.24, 2.45) is 5.92 Å². The van der Waals surface area contributed by atoms with Crippen molar-refractivity contribution in [3.05, 3.63) is 131 Å². The van der Waals surface area contributed by atoms with Crippen LogP contribution in [-0.2, 0) is 22.6 Å². The third-order valence-corrected chi connectivity index (χ3v) is 21.7. The van der Waals surface area contributed by atoms with Gasteiger partial charge in [-0.25, -0.2) is 17.6 Å². The number of carbonyl (C=O) groups is 2. The van der Waals surface area contributed by atoms with Gasteiger partial charge in [-0.15, -0.1) is 0 Å². The number of alkyl halides is 2. The van der Waals surface area contributed by atoms with Gasteiger partial charge in [-0.05, 0) is 93.0 Å². The Kier molecular flexibility index (Phi) is 15.1. The maximum absolute atomic E-state index is 17.3. The van der Waals surface area contributed by atoms with Crippen LogP contribution in [-0.4, -0.2) is 177 Å². The van der Waals surface area contributed by atoms with Crippen molar-refractivity contribution in [2.45, 2.75) is 118 Å². The Morgan fingerprint density at radius 3 is 2.38 bits per heavy atom. The van der Waals surface area contributed by atoms with E-state index < -0.39 is 29.5 Å². The van der Waals surface area contributed by atoms with E-state index >= 15 is 8.78 Å². The molecule has 0 radical (unpaired) electrons. The number of hydrogen-bond acceptors (Lipinski definition) is 14. The second-order valence-corrected chi connectivity index (χ2v) is 27.1. The van der Waals surface area contributed by atoms with Crippen LogP contribution in [0.4, 0.5) is 34.9 Å². The number of likely N-dealkylation sites (tertiary alicyclic amines) is 1. The molecule has 3 aromatic heterocycles. The fourth-order valence-electron chi connectivity index (χ4n) is 16.8. The van der Waals surface area contributed by atoms with E-state index in [1.54, 1.807) is 35.2 Å². The molecule has 0 spiro atoms. The molecule has 468 valence electrons. The summed E-state index contributed by atoms with van der Waals surface area (Å²) in [7, 11) is 3.90. The van der Waals surface area contributed by atoms with Gasteiger partial charge >= 0.3 is 12.0 Å². The van der Waals surface area contributed by atoms with Crippen LogP contribution in [0.5, 0.6) is 12.0 Å². The van der Waals surface area contributed by atoms with Gasteiger partial charge in [-0.3, -0.25) is 24.4 Å². The lowest BCUT2D eigenvalue weighted by Crippen LogP contribution is -2.53. The van der Waals surface area contributed by atoms with Crippen LogP contribution < -0.4 is 24.2 Å². The summed E-state index contributed by atoms with van der Waals surface area (Å²) in [5, 5.41) is 3.79. The van der Waals surface area contributed by atoms with E-state index in [1.165, 1.54) is 18.3 Å². The Hall–Kier alpha value is -7.39. The standard InChI is InChI=1S/C68H70Cl2F4N12O4/c1-4-55(87)83-32-39(33-83)31-80(2)63-48-30-75-61(47-12-5-9-41-15-18-50(73)59(70)57(41)47)60(74)62(48)77-66(78-63)90-38-68-24-21-44(85(68)35-43(72)29-68)17-20-56(88)86-45-16-19-52(86)54(27-45)81(3)64-46-22-26-82(53-14-7-11-40-10-6-13-49(69)58(40)53)36-51(46)76-65(79-64)89-37-67-23-8-25-84(67)34-42(71)28-67/h4-7,9-15,17-18,20,30,39,42-45,52,54H,1,8,16,19,21-29,31-38H2,2-3H3/b20-17-/t42-,43-,44?,45+,52-,54+,67+,68+/m1/s1. The molecule has 7 saturated heterocycles. The highest BCUT2D eigenvalue weighted by atomic mass is 35.5. The molecule has 22 heteroatoms. The Bertz CT molecular complexity index is 4080. The Balaban J connectivity index is 0.672. The number of aromatic nitrogens is 5. The number of rotatable bonds is 16. The lowest BCUT2D eigenvalue weighted by Gasteiger charge is -2.40. The SMILES string of the molecule is C=CC(=O)N1CC(CN(C)c2nc(OC[C@@]34CCC(/C=C\C(=O)N5[C@H]6CC[C@@H]5[C@@H](N(C)c5nc(OC[C@@]78CCCN7C[C@H](F)C8)nc7c5CCN(c5cccc8cccc(Cl)c58)C7)C6)N3C[C@H](F)C4)nc3c(F)c(-c4cccc5ccc(F)c(Cl)c45)ncc23)C1. The molecule has 15 rings (SSSR count). The van der Waals surface area contributed by atoms with Gasteiger partial charge in [0.05, 0.1) is 50.8 Å². The first-order chi connectivity index (χ1) is 43.6. The molecule has 8 aliphatic heterocycles. The summed E-state index contributed by atoms with van der Waals surface area (Å²) >= 11 is 13.4. The molecule has 0 aliphatic carbocycles. The number of benzene rings is 4. The molecule has 2 bridgehead atoms. The molecule has 0 N–H and O–H groups in total. The van der Waals surface area contributed by atoms with Crippen molar-refractivity contribution < 1.29 is 36.6 Å². The second kappa shape index (κ2) is 23.1. The zero-order chi connectivity index (χ0) is 61.9. The van der Waals surface area contributed by atoms with Crippen LogP contribution in [0.25, 0.3) is 43.7 Å². The summed E-state index contributed by atoms with van der Waals surface area (Å²) in [6.45, 7) is 8.03. The van der Waals surface area contributed by atoms with Gasteiger partial charge in [0.1, 0.15) is 54.2 Å². The Labute approximate surface area is 529 Å². The van der Waals surface area contributed by atoms with E-state index in [2.05, 4.69) is 67.5 Å². The van der Waals surface area contributed by atoms with Gasteiger partial charge in [0.2, 0.25) is 11.8 Å². The second-order valence-electron chi connectivity index (χ2n) is 26.3. The lowest BCUT2D eigenvalue weighted by atomic mass is 9.93. The first-order valence-corrected chi connectivity index (χ1v) is 32.3. The zero-order valence-corrected chi connectivity index (χ0v) is 51.8. The van der Waals surface area contributed by atoms with E-state index in [1.807, 2.05) is 35.1 Å². The van der Waals surface area contributed by atoms with Gasteiger partial charge in [0.25, 0.3) is 0 Å². The predicted octanol–water partition coefficient (Wildman–Crippen LogP) is 11.1. The Morgan fingerprint density at radius 1 is 0.811 bits per heavy atom. The first-order valence-electron chi connectivity index (χ1n) is 31.5. The van der Waals surface area contributed by atoms with Gasteiger partial charge in [0, 0.05) is 124 Å². The topological polar surface area (TPSA) is 140 Å². The average molecular weight is 1270 g/mol. The van der Waals surface area contributed by atoms with E-state index in [-0.39, 0.29) is 101 Å². The molecular weight excluding hydrogens is 1200 g/mol. The zero-order valence-electron chi connectivity index (χ0n) is 50.3. The van der Waals surface area contributed by atoms with Crippen LogP contribution in [0.1, 0.15) is 69.0 Å². The maximum atomic E-state index is 17.3. The van der Waals surface area contributed by atoms with E-state index in [0.29, 0.717) is 98.6 Å². The third-order valence-electron chi connectivity index (χ3n) is 21.0. The fourth-order valence-corrected chi connectivity index (χ4v) is 17.3. The summed E-state index contributed by atoms with van der Waals surface area (Å²) in [4.78, 5) is 66.0. The van der Waals surface area contributed by atoms with Gasteiger partial charge in [-0.2, -0.15) is 19.9 Å². The minimum atomic E-state index is -1.16. The van der Waals surface area contributed by atoms with Crippen LogP contribution in [0.3, 0.4) is 0 Å². The molecule has 7 aromatic rings. The largest absolute Gasteiger partial charge is 0.461 e.